The Balaban J connectivity index is 0.000000204. The highest BCUT2D eigenvalue weighted by molar-refractivity contribution is 7.10. The van der Waals surface area contributed by atoms with Crippen LogP contribution in [-0.4, -0.2) is 0 Å². The molecule has 0 saturated heterocycles. The van der Waals surface area contributed by atoms with Crippen LogP contribution in [0, 0.1) is 5.82 Å². The molecule has 0 nitrogen and oxygen atoms in total. The Bertz CT molecular complexity index is 513. The highest BCUT2D eigenvalue weighted by Crippen LogP contribution is 2.25. The maximum Gasteiger partial charge on any atom is 0.123 e. The largest absolute Gasteiger partial charge is 0.207 e. The van der Waals surface area contributed by atoms with Crippen molar-refractivity contribution < 1.29 is 4.39 Å². The monoisotopic (exact) mass is 292 g/mol. The number of thiophene rings is 1. The Morgan fingerprint density at radius 2 is 1.50 bits per heavy atom. The van der Waals surface area contributed by atoms with E-state index in [4.69, 9.17) is 0 Å². The topological polar surface area (TPSA) is 0 Å². The van der Waals surface area contributed by atoms with Gasteiger partial charge in [-0.3, -0.25) is 0 Å². The summed E-state index contributed by atoms with van der Waals surface area (Å²) in [5.41, 5.74) is 1.42. The van der Waals surface area contributed by atoms with Gasteiger partial charge in [0.2, 0.25) is 0 Å². The highest BCUT2D eigenvalue weighted by Gasteiger charge is 2.13. The molecule has 110 valence electrons. The number of hydrogen-bond acceptors (Lipinski definition) is 1. The minimum atomic E-state index is -0.155. The molecule has 2 rings (SSSR count). The normalized spacial score (nSPS) is 11.8. The van der Waals surface area contributed by atoms with Crippen LogP contribution in [0.15, 0.2) is 41.8 Å². The first-order valence-electron chi connectivity index (χ1n) is 6.91. The summed E-state index contributed by atoms with van der Waals surface area (Å²) in [5.74, 6) is -0.155. The molecule has 0 aliphatic rings. The molecule has 0 atom stereocenters. The van der Waals surface area contributed by atoms with Crippen LogP contribution in [0.4, 0.5) is 4.39 Å². The molecule has 0 aliphatic carbocycles. The maximum atomic E-state index is 12.7. The SMILES string of the molecule is CC(C)(C)c1cccc(F)c1.CC(C)(C)c1cccs1. The lowest BCUT2D eigenvalue weighted by Crippen LogP contribution is -2.10. The maximum absolute atomic E-state index is 12.7. The zero-order chi connectivity index (χ0) is 15.4. The molecule has 0 saturated carbocycles. The van der Waals surface area contributed by atoms with Crippen molar-refractivity contribution in [2.75, 3.05) is 0 Å². The molecule has 0 N–H and O–H groups in total. The summed E-state index contributed by atoms with van der Waals surface area (Å²) in [5, 5.41) is 2.13. The van der Waals surface area contributed by atoms with Crippen LogP contribution in [0.25, 0.3) is 0 Å². The lowest BCUT2D eigenvalue weighted by atomic mass is 9.87. The van der Waals surface area contributed by atoms with E-state index >= 15 is 0 Å². The third-order valence-electron chi connectivity index (χ3n) is 2.95. The fraction of sp³-hybridized carbons (Fsp3) is 0.444. The first kappa shape index (κ1) is 16.9. The van der Waals surface area contributed by atoms with Gasteiger partial charge >= 0.3 is 0 Å². The Hall–Kier alpha value is -1.15. The number of halogens is 1. The van der Waals surface area contributed by atoms with Gasteiger partial charge in [-0.15, -0.1) is 11.3 Å². The van der Waals surface area contributed by atoms with Crippen molar-refractivity contribution in [3.63, 3.8) is 0 Å². The number of rotatable bonds is 0. The molecule has 20 heavy (non-hydrogen) atoms. The fourth-order valence-electron chi connectivity index (χ4n) is 1.66. The van der Waals surface area contributed by atoms with E-state index in [2.05, 4.69) is 59.1 Å². The molecule has 0 spiro atoms. The molecular weight excluding hydrogens is 267 g/mol. The van der Waals surface area contributed by atoms with Gasteiger partial charge < -0.3 is 0 Å². The van der Waals surface area contributed by atoms with Gasteiger partial charge in [0, 0.05) is 4.88 Å². The molecule has 2 heteroatoms. The van der Waals surface area contributed by atoms with E-state index in [1.165, 1.54) is 10.9 Å². The molecule has 0 amide bonds. The zero-order valence-electron chi connectivity index (χ0n) is 13.3. The number of hydrogen-bond donors (Lipinski definition) is 0. The van der Waals surface area contributed by atoms with Gasteiger partial charge in [-0.1, -0.05) is 59.7 Å². The molecule has 0 fully saturated rings. The van der Waals surface area contributed by atoms with E-state index < -0.39 is 0 Å². The summed E-state index contributed by atoms with van der Waals surface area (Å²) in [4.78, 5) is 1.46. The third-order valence-corrected chi connectivity index (χ3v) is 4.25. The summed E-state index contributed by atoms with van der Waals surface area (Å²) < 4.78 is 12.7. The van der Waals surface area contributed by atoms with E-state index in [9.17, 15) is 4.39 Å². The van der Waals surface area contributed by atoms with E-state index in [1.807, 2.05) is 17.4 Å². The van der Waals surface area contributed by atoms with Crippen molar-refractivity contribution >= 4 is 11.3 Å². The second kappa shape index (κ2) is 6.53. The molecule has 1 heterocycles. The summed E-state index contributed by atoms with van der Waals surface area (Å²) in [6, 6.07) is 11.0. The quantitative estimate of drug-likeness (QED) is 0.545. The number of benzene rings is 1. The molecule has 0 unspecified atom stereocenters. The molecule has 2 aromatic rings. The first-order valence-corrected chi connectivity index (χ1v) is 7.79. The summed E-state index contributed by atoms with van der Waals surface area (Å²) >= 11 is 1.83. The Labute approximate surface area is 126 Å². The van der Waals surface area contributed by atoms with Crippen LogP contribution in [0.1, 0.15) is 52.0 Å². The Morgan fingerprint density at radius 1 is 0.850 bits per heavy atom. The third kappa shape index (κ3) is 5.46. The standard InChI is InChI=1S/C10H13F.C8H12S/c1-10(2,3)8-5-4-6-9(11)7-8;1-8(2,3)7-5-4-6-9-7/h4-7H,1-3H3;4-6H,1-3H3. The van der Waals surface area contributed by atoms with Crippen LogP contribution >= 0.6 is 11.3 Å². The van der Waals surface area contributed by atoms with Gasteiger partial charge in [0.15, 0.2) is 0 Å². The predicted octanol–water partition coefficient (Wildman–Crippen LogP) is 6.17. The van der Waals surface area contributed by atoms with Gasteiger partial charge in [0.25, 0.3) is 0 Å². The van der Waals surface area contributed by atoms with Crippen molar-refractivity contribution in [2.24, 2.45) is 0 Å². The van der Waals surface area contributed by atoms with E-state index in [-0.39, 0.29) is 11.2 Å². The van der Waals surface area contributed by atoms with Crippen molar-refractivity contribution in [3.8, 4) is 0 Å². The van der Waals surface area contributed by atoms with E-state index in [0.717, 1.165) is 5.56 Å². The summed E-state index contributed by atoms with van der Waals surface area (Å²) in [7, 11) is 0. The smallest absolute Gasteiger partial charge is 0.123 e. The van der Waals surface area contributed by atoms with Crippen molar-refractivity contribution in [1.82, 2.24) is 0 Å². The lowest BCUT2D eigenvalue weighted by Gasteiger charge is -2.18. The van der Waals surface area contributed by atoms with Gasteiger partial charge in [0.1, 0.15) is 5.82 Å². The van der Waals surface area contributed by atoms with Crippen LogP contribution in [0.5, 0.6) is 0 Å². The predicted molar refractivity (Wildman–Crippen MR) is 88.1 cm³/mol. The van der Waals surface area contributed by atoms with Crippen LogP contribution in [0.3, 0.4) is 0 Å². The van der Waals surface area contributed by atoms with Crippen molar-refractivity contribution in [2.45, 2.75) is 52.4 Å². The average Bonchev–Trinajstić information content (AvgIpc) is 2.81. The first-order chi connectivity index (χ1) is 9.10. The molecule has 1 aromatic heterocycles. The average molecular weight is 292 g/mol. The molecule has 0 bridgehead atoms. The van der Waals surface area contributed by atoms with Crippen molar-refractivity contribution in [3.05, 3.63) is 58.0 Å². The van der Waals surface area contributed by atoms with Crippen LogP contribution < -0.4 is 0 Å². The molecular formula is C18H25FS. The second-order valence-electron chi connectivity index (χ2n) is 6.99. The van der Waals surface area contributed by atoms with Crippen LogP contribution in [-0.2, 0) is 10.8 Å². The van der Waals surface area contributed by atoms with Gasteiger partial charge in [-0.2, -0.15) is 0 Å². The Morgan fingerprint density at radius 3 is 1.80 bits per heavy atom. The summed E-state index contributed by atoms with van der Waals surface area (Å²) in [6.07, 6.45) is 0. The minimum Gasteiger partial charge on any atom is -0.207 e. The molecule has 0 aliphatic heterocycles. The summed E-state index contributed by atoms with van der Waals surface area (Å²) in [6.45, 7) is 12.9. The highest BCUT2D eigenvalue weighted by atomic mass is 32.1. The van der Waals surface area contributed by atoms with Gasteiger partial charge in [-0.05, 0) is 40.0 Å². The minimum absolute atomic E-state index is 0.0437. The lowest BCUT2D eigenvalue weighted by molar-refractivity contribution is 0.572. The fourth-order valence-corrected chi connectivity index (χ4v) is 2.47. The van der Waals surface area contributed by atoms with Crippen LogP contribution in [0.2, 0.25) is 0 Å². The molecule has 0 radical (unpaired) electrons. The Kier molecular flexibility index (Phi) is 5.52. The molecule has 1 aromatic carbocycles. The van der Waals surface area contributed by atoms with E-state index in [0.29, 0.717) is 5.41 Å². The van der Waals surface area contributed by atoms with Crippen molar-refractivity contribution in [1.29, 1.82) is 0 Å². The van der Waals surface area contributed by atoms with Gasteiger partial charge in [-0.25, -0.2) is 4.39 Å². The van der Waals surface area contributed by atoms with Gasteiger partial charge in [0.05, 0.1) is 0 Å². The zero-order valence-corrected chi connectivity index (χ0v) is 14.1. The second-order valence-corrected chi connectivity index (χ2v) is 7.94. The van der Waals surface area contributed by atoms with E-state index in [1.54, 1.807) is 12.1 Å².